The number of nitrogens with zero attached hydrogens (tertiary/aromatic N) is 5. The fourth-order valence-electron chi connectivity index (χ4n) is 4.84. The number of nitrogens with one attached hydrogen (secondary N) is 4. The fraction of sp³-hybridized carbons (Fsp3) is 0.333. The summed E-state index contributed by atoms with van der Waals surface area (Å²) in [5.41, 5.74) is 4.17. The lowest BCUT2D eigenvalue weighted by molar-refractivity contribution is 0.102. The molecule has 40 heavy (non-hydrogen) atoms. The highest BCUT2D eigenvalue weighted by Gasteiger charge is 2.22. The molecule has 1 amide bonds. The van der Waals surface area contributed by atoms with Crippen molar-refractivity contribution in [1.82, 2.24) is 24.4 Å². The van der Waals surface area contributed by atoms with Crippen molar-refractivity contribution in [2.45, 2.75) is 44.7 Å². The molecule has 206 valence electrons. The highest BCUT2D eigenvalue weighted by molar-refractivity contribution is 6.05. The van der Waals surface area contributed by atoms with Gasteiger partial charge >= 0.3 is 0 Å². The van der Waals surface area contributed by atoms with Gasteiger partial charge in [-0.2, -0.15) is 0 Å². The predicted molar refractivity (Wildman–Crippen MR) is 159 cm³/mol. The van der Waals surface area contributed by atoms with Gasteiger partial charge in [-0.15, -0.1) is 0 Å². The summed E-state index contributed by atoms with van der Waals surface area (Å²) in [5, 5.41) is 13.4. The van der Waals surface area contributed by atoms with Crippen LogP contribution in [-0.2, 0) is 0 Å². The molecule has 0 spiro atoms. The summed E-state index contributed by atoms with van der Waals surface area (Å²) >= 11 is 0. The number of carbonyl (C=O) groups is 1. The number of hydrogen-bond acceptors (Lipinski definition) is 8. The molecule has 6 rings (SSSR count). The van der Waals surface area contributed by atoms with Gasteiger partial charge in [0.2, 0.25) is 5.95 Å². The van der Waals surface area contributed by atoms with E-state index in [4.69, 9.17) is 0 Å². The van der Waals surface area contributed by atoms with E-state index in [9.17, 15) is 4.79 Å². The van der Waals surface area contributed by atoms with Gasteiger partial charge in [0.15, 0.2) is 0 Å². The van der Waals surface area contributed by atoms with Crippen molar-refractivity contribution in [2.24, 2.45) is 0 Å². The number of hydrogen-bond donors (Lipinski definition) is 4. The molecule has 0 bridgehead atoms. The van der Waals surface area contributed by atoms with E-state index in [1.54, 1.807) is 12.5 Å². The normalized spacial score (nSPS) is 15.9. The summed E-state index contributed by atoms with van der Waals surface area (Å²) in [6.45, 7) is 4.22. The standard InChI is InChI=1S/C30H35N9O/c1-20-3-4-21(29(40)36-24-9-5-22(6-10-24)34-25-11-14-38(2)15-12-25)17-26(20)37-30-31-13-16-39(30)28-18-27(32-19-33-28)35-23-7-8-23/h3-6,9-10,13,16-19,23,25,34H,7-8,11-12,14-15H2,1-2H3,(H,31,37)(H,36,40)(H,32,33,35). The number of amides is 1. The second kappa shape index (κ2) is 11.4. The molecule has 10 nitrogen and oxygen atoms in total. The fourth-order valence-corrected chi connectivity index (χ4v) is 4.84. The number of imidazole rings is 1. The molecule has 1 aliphatic carbocycles. The SMILES string of the molecule is Cc1ccc(C(=O)Nc2ccc(NC3CCN(C)CC3)cc2)cc1Nc1nccn1-c1cc(NC2CC2)ncn1. The van der Waals surface area contributed by atoms with E-state index in [1.165, 1.54) is 12.8 Å². The number of anilines is 5. The van der Waals surface area contributed by atoms with E-state index in [0.29, 0.717) is 29.4 Å². The van der Waals surface area contributed by atoms with Gasteiger partial charge in [-0.25, -0.2) is 15.0 Å². The molecule has 2 aliphatic rings. The molecular formula is C30H35N9O. The quantitative estimate of drug-likeness (QED) is 0.235. The van der Waals surface area contributed by atoms with Crippen molar-refractivity contribution in [3.63, 3.8) is 0 Å². The van der Waals surface area contributed by atoms with E-state index in [0.717, 1.165) is 54.4 Å². The van der Waals surface area contributed by atoms with Gasteiger partial charge < -0.3 is 26.2 Å². The van der Waals surface area contributed by atoms with Crippen LogP contribution in [0.2, 0.25) is 0 Å². The molecule has 2 fully saturated rings. The second-order valence-electron chi connectivity index (χ2n) is 10.7. The van der Waals surface area contributed by atoms with Crippen LogP contribution in [0, 0.1) is 6.92 Å². The summed E-state index contributed by atoms with van der Waals surface area (Å²) in [4.78, 5) is 28.7. The van der Waals surface area contributed by atoms with Gasteiger partial charge in [-0.05, 0) is 94.7 Å². The molecule has 3 heterocycles. The summed E-state index contributed by atoms with van der Waals surface area (Å²) in [7, 11) is 2.17. The summed E-state index contributed by atoms with van der Waals surface area (Å²) in [5.74, 6) is 1.93. The Morgan fingerprint density at radius 1 is 0.875 bits per heavy atom. The van der Waals surface area contributed by atoms with Gasteiger partial charge in [0.1, 0.15) is 18.0 Å². The number of rotatable bonds is 9. The van der Waals surface area contributed by atoms with Crippen LogP contribution in [0.4, 0.5) is 28.8 Å². The Morgan fingerprint density at radius 2 is 1.62 bits per heavy atom. The molecule has 0 atom stereocenters. The molecule has 2 aromatic carbocycles. The van der Waals surface area contributed by atoms with E-state index >= 15 is 0 Å². The molecule has 4 aromatic rings. The molecule has 1 saturated carbocycles. The average molecular weight is 538 g/mol. The van der Waals surface area contributed by atoms with Crippen molar-refractivity contribution in [2.75, 3.05) is 41.4 Å². The highest BCUT2D eigenvalue weighted by atomic mass is 16.1. The lowest BCUT2D eigenvalue weighted by Crippen LogP contribution is -2.36. The van der Waals surface area contributed by atoms with Crippen LogP contribution in [0.5, 0.6) is 0 Å². The first-order chi connectivity index (χ1) is 19.5. The molecule has 2 aromatic heterocycles. The molecule has 0 unspecified atom stereocenters. The molecule has 10 heteroatoms. The van der Waals surface area contributed by atoms with Gasteiger partial charge in [0.05, 0.1) is 0 Å². The number of aromatic nitrogens is 4. The van der Waals surface area contributed by atoms with Crippen LogP contribution in [0.3, 0.4) is 0 Å². The van der Waals surface area contributed by atoms with E-state index in [-0.39, 0.29) is 5.91 Å². The molecule has 1 aliphatic heterocycles. The van der Waals surface area contributed by atoms with Crippen LogP contribution in [-0.4, -0.2) is 62.5 Å². The Labute approximate surface area is 234 Å². The van der Waals surface area contributed by atoms with Gasteiger partial charge in [-0.1, -0.05) is 6.07 Å². The monoisotopic (exact) mass is 537 g/mol. The van der Waals surface area contributed by atoms with E-state index < -0.39 is 0 Å². The number of aryl methyl sites for hydroxylation is 1. The first-order valence-electron chi connectivity index (χ1n) is 13.9. The summed E-state index contributed by atoms with van der Waals surface area (Å²) < 4.78 is 1.87. The Bertz CT molecular complexity index is 1470. The molecular weight excluding hydrogens is 502 g/mol. The Kier molecular flexibility index (Phi) is 7.33. The van der Waals surface area contributed by atoms with Gasteiger partial charge in [-0.3, -0.25) is 9.36 Å². The number of likely N-dealkylation sites (tertiary alicyclic amines) is 1. The van der Waals surface area contributed by atoms with Crippen LogP contribution < -0.4 is 21.3 Å². The van der Waals surface area contributed by atoms with Crippen molar-refractivity contribution in [3.8, 4) is 5.82 Å². The van der Waals surface area contributed by atoms with Gasteiger partial charge in [0, 0.05) is 53.2 Å². The van der Waals surface area contributed by atoms with Crippen molar-refractivity contribution in [1.29, 1.82) is 0 Å². The number of piperidine rings is 1. The van der Waals surface area contributed by atoms with Gasteiger partial charge in [0.25, 0.3) is 5.91 Å². The van der Waals surface area contributed by atoms with Crippen LogP contribution >= 0.6 is 0 Å². The minimum absolute atomic E-state index is 0.172. The van der Waals surface area contributed by atoms with Crippen molar-refractivity contribution >= 4 is 34.7 Å². The maximum atomic E-state index is 13.1. The minimum Gasteiger partial charge on any atom is -0.382 e. The predicted octanol–water partition coefficient (Wildman–Crippen LogP) is 5.05. The second-order valence-corrected chi connectivity index (χ2v) is 10.7. The molecule has 1 saturated heterocycles. The van der Waals surface area contributed by atoms with E-state index in [2.05, 4.69) is 48.2 Å². The minimum atomic E-state index is -0.172. The van der Waals surface area contributed by atoms with Crippen LogP contribution in [0.1, 0.15) is 41.6 Å². The smallest absolute Gasteiger partial charge is 0.255 e. The Morgan fingerprint density at radius 3 is 2.40 bits per heavy atom. The summed E-state index contributed by atoms with van der Waals surface area (Å²) in [6.07, 6.45) is 9.73. The zero-order valence-electron chi connectivity index (χ0n) is 22.9. The van der Waals surface area contributed by atoms with E-state index in [1.807, 2.05) is 66.2 Å². The first kappa shape index (κ1) is 25.8. The largest absolute Gasteiger partial charge is 0.382 e. The number of benzene rings is 2. The maximum Gasteiger partial charge on any atom is 0.255 e. The third-order valence-corrected chi connectivity index (χ3v) is 7.45. The Balaban J connectivity index is 1.12. The third-order valence-electron chi connectivity index (χ3n) is 7.45. The number of carbonyl (C=O) groups excluding carboxylic acids is 1. The summed E-state index contributed by atoms with van der Waals surface area (Å²) in [6, 6.07) is 16.4. The lowest BCUT2D eigenvalue weighted by atomic mass is 10.1. The zero-order valence-corrected chi connectivity index (χ0v) is 22.9. The van der Waals surface area contributed by atoms with Crippen molar-refractivity contribution < 1.29 is 4.79 Å². The van der Waals surface area contributed by atoms with Crippen LogP contribution in [0.15, 0.2) is 67.3 Å². The highest BCUT2D eigenvalue weighted by Crippen LogP contribution is 2.26. The zero-order chi connectivity index (χ0) is 27.5. The molecule has 4 N–H and O–H groups in total. The van der Waals surface area contributed by atoms with Crippen LogP contribution in [0.25, 0.3) is 5.82 Å². The topological polar surface area (TPSA) is 112 Å². The average Bonchev–Trinajstić information content (AvgIpc) is 3.66. The van der Waals surface area contributed by atoms with Crippen molar-refractivity contribution in [3.05, 3.63) is 78.4 Å². The maximum absolute atomic E-state index is 13.1. The first-order valence-corrected chi connectivity index (χ1v) is 13.9. The lowest BCUT2D eigenvalue weighted by Gasteiger charge is -2.30. The third kappa shape index (κ3) is 6.23. The Hall–Kier alpha value is -4.44. The molecule has 0 radical (unpaired) electrons.